The molecule has 1 aromatic rings. The van der Waals surface area contributed by atoms with Crippen molar-refractivity contribution in [3.8, 4) is 0 Å². The van der Waals surface area contributed by atoms with Crippen LogP contribution in [0.2, 0.25) is 5.02 Å². The van der Waals surface area contributed by atoms with Gasteiger partial charge in [0.15, 0.2) is 6.61 Å². The molecule has 0 aliphatic heterocycles. The first-order valence-corrected chi connectivity index (χ1v) is 7.88. The minimum atomic E-state index is -0.791. The van der Waals surface area contributed by atoms with Gasteiger partial charge in [-0.15, -0.1) is 0 Å². The lowest BCUT2D eigenvalue weighted by atomic mass is 10.1. The summed E-state index contributed by atoms with van der Waals surface area (Å²) < 4.78 is 18.3. The van der Waals surface area contributed by atoms with Crippen molar-refractivity contribution in [2.75, 3.05) is 13.2 Å². The van der Waals surface area contributed by atoms with E-state index in [2.05, 4.69) is 10.6 Å². The van der Waals surface area contributed by atoms with Gasteiger partial charge in [-0.25, -0.2) is 4.39 Å². The summed E-state index contributed by atoms with van der Waals surface area (Å²) in [4.78, 5) is 34.9. The molecule has 0 heterocycles. The van der Waals surface area contributed by atoms with E-state index in [4.69, 9.17) is 16.3 Å². The molecule has 0 aliphatic carbocycles. The summed E-state index contributed by atoms with van der Waals surface area (Å²) in [6, 6.07) is 3.31. The van der Waals surface area contributed by atoms with Gasteiger partial charge in [0.25, 0.3) is 5.91 Å². The molecule has 0 saturated heterocycles. The van der Waals surface area contributed by atoms with Crippen LogP contribution in [-0.4, -0.2) is 37.0 Å². The highest BCUT2D eigenvalue weighted by Crippen LogP contribution is 2.19. The van der Waals surface area contributed by atoms with Gasteiger partial charge in [-0.3, -0.25) is 14.4 Å². The number of carbonyl (C=O) groups excluding carboxylic acids is 3. The Morgan fingerprint density at radius 1 is 1.33 bits per heavy atom. The van der Waals surface area contributed by atoms with E-state index in [0.29, 0.717) is 6.54 Å². The summed E-state index contributed by atoms with van der Waals surface area (Å²) >= 11 is 5.81. The molecule has 0 unspecified atom stereocenters. The Labute approximate surface area is 144 Å². The molecule has 1 aromatic carbocycles. The molecule has 0 fully saturated rings. The molecule has 6 nitrogen and oxygen atoms in total. The van der Waals surface area contributed by atoms with Crippen LogP contribution in [0.1, 0.15) is 25.8 Å². The van der Waals surface area contributed by atoms with E-state index in [9.17, 15) is 18.8 Å². The lowest BCUT2D eigenvalue weighted by Gasteiger charge is -2.14. The van der Waals surface area contributed by atoms with E-state index in [1.807, 2.05) is 6.92 Å². The number of hydrogen-bond donors (Lipinski definition) is 2. The van der Waals surface area contributed by atoms with Crippen LogP contribution in [0.4, 0.5) is 4.39 Å². The van der Waals surface area contributed by atoms with Crippen molar-refractivity contribution in [3.05, 3.63) is 34.6 Å². The molecule has 1 atom stereocenters. The lowest BCUT2D eigenvalue weighted by molar-refractivity contribution is -0.148. The SMILES string of the molecule is CCCNC(=O)[C@@H](C)NC(=O)COC(=O)Cc1c(F)cccc1Cl. The summed E-state index contributed by atoms with van der Waals surface area (Å²) in [7, 11) is 0. The van der Waals surface area contributed by atoms with Gasteiger partial charge >= 0.3 is 5.97 Å². The maximum atomic E-state index is 13.6. The first-order valence-electron chi connectivity index (χ1n) is 7.50. The standard InChI is InChI=1S/C16H20ClFN2O4/c1-3-7-19-16(23)10(2)20-14(21)9-24-15(22)8-11-12(17)5-4-6-13(11)18/h4-6,10H,3,7-9H2,1-2H3,(H,19,23)(H,20,21)/t10-/m1/s1. The van der Waals surface area contributed by atoms with E-state index in [1.54, 1.807) is 0 Å². The molecule has 1 rings (SSSR count). The maximum absolute atomic E-state index is 13.6. The van der Waals surface area contributed by atoms with Gasteiger partial charge in [0.2, 0.25) is 5.91 Å². The molecule has 0 aromatic heterocycles. The highest BCUT2D eigenvalue weighted by molar-refractivity contribution is 6.31. The number of halogens is 2. The van der Waals surface area contributed by atoms with Gasteiger partial charge in [0.1, 0.15) is 11.9 Å². The van der Waals surface area contributed by atoms with E-state index in [-0.39, 0.29) is 22.9 Å². The summed E-state index contributed by atoms with van der Waals surface area (Å²) in [5.41, 5.74) is 0.0110. The maximum Gasteiger partial charge on any atom is 0.310 e. The monoisotopic (exact) mass is 358 g/mol. The Balaban J connectivity index is 2.41. The number of ether oxygens (including phenoxy) is 1. The van der Waals surface area contributed by atoms with E-state index in [0.717, 1.165) is 6.42 Å². The second kappa shape index (κ2) is 9.87. The molecule has 8 heteroatoms. The predicted molar refractivity (Wildman–Crippen MR) is 87.0 cm³/mol. The quantitative estimate of drug-likeness (QED) is 0.691. The number of hydrogen-bond acceptors (Lipinski definition) is 4. The number of esters is 1. The molecule has 0 bridgehead atoms. The molecular weight excluding hydrogens is 339 g/mol. The zero-order valence-corrected chi connectivity index (χ0v) is 14.3. The highest BCUT2D eigenvalue weighted by Gasteiger charge is 2.17. The molecule has 2 amide bonds. The molecular formula is C16H20ClFN2O4. The Morgan fingerprint density at radius 2 is 2.04 bits per heavy atom. The summed E-state index contributed by atoms with van der Waals surface area (Å²) in [5.74, 6) is -2.36. The summed E-state index contributed by atoms with van der Waals surface area (Å²) in [6.45, 7) is 3.38. The van der Waals surface area contributed by atoms with Crippen LogP contribution in [0.3, 0.4) is 0 Å². The third-order valence-electron chi connectivity index (χ3n) is 3.07. The van der Waals surface area contributed by atoms with Crippen molar-refractivity contribution in [1.82, 2.24) is 10.6 Å². The van der Waals surface area contributed by atoms with Crippen LogP contribution in [0, 0.1) is 5.82 Å². The van der Waals surface area contributed by atoms with Crippen LogP contribution < -0.4 is 10.6 Å². The fourth-order valence-electron chi connectivity index (χ4n) is 1.79. The second-order valence-electron chi connectivity index (χ2n) is 5.12. The Morgan fingerprint density at radius 3 is 2.67 bits per heavy atom. The van der Waals surface area contributed by atoms with Gasteiger partial charge in [-0.1, -0.05) is 24.6 Å². The molecule has 0 spiro atoms. The first-order chi connectivity index (χ1) is 11.3. The van der Waals surface area contributed by atoms with Crippen LogP contribution in [-0.2, 0) is 25.5 Å². The first kappa shape index (κ1) is 19.9. The van der Waals surface area contributed by atoms with Crippen molar-refractivity contribution in [1.29, 1.82) is 0 Å². The van der Waals surface area contributed by atoms with Crippen LogP contribution >= 0.6 is 11.6 Å². The van der Waals surface area contributed by atoms with Crippen molar-refractivity contribution in [2.45, 2.75) is 32.7 Å². The minimum Gasteiger partial charge on any atom is -0.455 e. The van der Waals surface area contributed by atoms with Gasteiger partial charge in [-0.05, 0) is 25.5 Å². The minimum absolute atomic E-state index is 0.0110. The van der Waals surface area contributed by atoms with Crippen LogP contribution in [0.25, 0.3) is 0 Å². The Kier molecular flexibility index (Phi) is 8.18. The molecule has 0 aliphatic rings. The van der Waals surface area contributed by atoms with Crippen molar-refractivity contribution < 1.29 is 23.5 Å². The van der Waals surface area contributed by atoms with Crippen molar-refractivity contribution in [3.63, 3.8) is 0 Å². The Bertz CT molecular complexity index is 589. The van der Waals surface area contributed by atoms with Gasteiger partial charge in [0, 0.05) is 17.1 Å². The molecule has 24 heavy (non-hydrogen) atoms. The van der Waals surface area contributed by atoms with E-state index < -0.39 is 30.3 Å². The normalized spacial score (nSPS) is 11.5. The van der Waals surface area contributed by atoms with E-state index in [1.165, 1.54) is 25.1 Å². The number of carbonyl (C=O) groups is 3. The third kappa shape index (κ3) is 6.54. The largest absolute Gasteiger partial charge is 0.455 e. The summed E-state index contributed by atoms with van der Waals surface area (Å²) in [6.07, 6.45) is 0.397. The number of nitrogens with one attached hydrogen (secondary N) is 2. The molecule has 132 valence electrons. The van der Waals surface area contributed by atoms with Crippen LogP contribution in [0.5, 0.6) is 0 Å². The second-order valence-corrected chi connectivity index (χ2v) is 5.53. The zero-order chi connectivity index (χ0) is 18.1. The zero-order valence-electron chi connectivity index (χ0n) is 13.5. The third-order valence-corrected chi connectivity index (χ3v) is 3.42. The smallest absolute Gasteiger partial charge is 0.310 e. The fraction of sp³-hybridized carbons (Fsp3) is 0.438. The number of rotatable bonds is 8. The number of benzene rings is 1. The number of amides is 2. The van der Waals surface area contributed by atoms with Crippen LogP contribution in [0.15, 0.2) is 18.2 Å². The van der Waals surface area contributed by atoms with Gasteiger partial charge in [-0.2, -0.15) is 0 Å². The topological polar surface area (TPSA) is 84.5 Å². The molecule has 0 radical (unpaired) electrons. The van der Waals surface area contributed by atoms with E-state index >= 15 is 0 Å². The van der Waals surface area contributed by atoms with Crippen molar-refractivity contribution >= 4 is 29.4 Å². The predicted octanol–water partition coefficient (Wildman–Crippen LogP) is 1.60. The summed E-state index contributed by atoms with van der Waals surface area (Å²) in [5, 5.41) is 5.14. The molecule has 0 saturated carbocycles. The highest BCUT2D eigenvalue weighted by atomic mass is 35.5. The van der Waals surface area contributed by atoms with Gasteiger partial charge < -0.3 is 15.4 Å². The average molecular weight is 359 g/mol. The lowest BCUT2D eigenvalue weighted by Crippen LogP contribution is -2.46. The average Bonchev–Trinajstić information content (AvgIpc) is 2.54. The van der Waals surface area contributed by atoms with Crippen molar-refractivity contribution in [2.24, 2.45) is 0 Å². The molecule has 2 N–H and O–H groups in total. The van der Waals surface area contributed by atoms with Gasteiger partial charge in [0.05, 0.1) is 6.42 Å². The fourth-order valence-corrected chi connectivity index (χ4v) is 2.02. The Hall–Kier alpha value is -2.15.